The summed E-state index contributed by atoms with van der Waals surface area (Å²) in [5.74, 6) is -0.887. The Kier molecular flexibility index (Phi) is 7.25. The molecule has 2 aromatic carbocycles. The molecule has 0 aliphatic carbocycles. The van der Waals surface area contributed by atoms with Crippen molar-refractivity contribution in [1.82, 2.24) is 4.31 Å². The lowest BCUT2D eigenvalue weighted by Gasteiger charge is -2.19. The van der Waals surface area contributed by atoms with Gasteiger partial charge in [0.25, 0.3) is 5.91 Å². The predicted molar refractivity (Wildman–Crippen MR) is 126 cm³/mol. The second-order valence-corrected chi connectivity index (χ2v) is 10.2. The van der Waals surface area contributed by atoms with Crippen molar-refractivity contribution in [3.8, 4) is 0 Å². The summed E-state index contributed by atoms with van der Waals surface area (Å²) in [7, 11) is -3.51. The molecular weight excluding hydrogens is 440 g/mol. The molecule has 0 unspecified atom stereocenters. The molecule has 1 saturated heterocycles. The molecular formula is C25H28N2O5S. The number of sulfonamides is 1. The minimum atomic E-state index is -3.51. The summed E-state index contributed by atoms with van der Waals surface area (Å²) in [6.07, 6.45) is 7.46. The zero-order valence-electron chi connectivity index (χ0n) is 18.5. The minimum Gasteiger partial charge on any atom is -0.452 e. The van der Waals surface area contributed by atoms with Crippen molar-refractivity contribution >= 4 is 33.7 Å². The summed E-state index contributed by atoms with van der Waals surface area (Å²) in [5, 5.41) is 0. The van der Waals surface area contributed by atoms with Crippen molar-refractivity contribution in [2.24, 2.45) is 0 Å². The number of fused-ring (bicyclic) bond motifs is 1. The van der Waals surface area contributed by atoms with Gasteiger partial charge in [0.1, 0.15) is 0 Å². The second kappa shape index (κ2) is 10.3. The first-order valence-electron chi connectivity index (χ1n) is 11.3. The van der Waals surface area contributed by atoms with Crippen LogP contribution in [0.2, 0.25) is 0 Å². The van der Waals surface area contributed by atoms with Crippen LogP contribution in [-0.2, 0) is 30.8 Å². The monoisotopic (exact) mass is 468 g/mol. The highest BCUT2D eigenvalue weighted by atomic mass is 32.2. The Balaban J connectivity index is 1.31. The third-order valence-electron chi connectivity index (χ3n) is 6.02. The quantitative estimate of drug-likeness (QED) is 0.479. The first kappa shape index (κ1) is 23.2. The van der Waals surface area contributed by atoms with Crippen molar-refractivity contribution in [2.45, 2.75) is 37.0 Å². The molecule has 0 bridgehead atoms. The number of benzene rings is 2. The van der Waals surface area contributed by atoms with Crippen LogP contribution in [0.1, 0.15) is 36.8 Å². The molecule has 0 N–H and O–H groups in total. The van der Waals surface area contributed by atoms with Gasteiger partial charge in [-0.15, -0.1) is 0 Å². The lowest BCUT2D eigenvalue weighted by Crippen LogP contribution is -2.33. The number of ether oxygens (including phenoxy) is 1. The fourth-order valence-electron chi connectivity index (χ4n) is 4.20. The number of para-hydroxylation sites is 1. The average Bonchev–Trinajstić information content (AvgIpc) is 3.06. The van der Waals surface area contributed by atoms with E-state index in [1.54, 1.807) is 39.5 Å². The Morgan fingerprint density at radius 2 is 1.61 bits per heavy atom. The smallest absolute Gasteiger partial charge is 0.331 e. The van der Waals surface area contributed by atoms with Gasteiger partial charge in [0, 0.05) is 31.4 Å². The number of rotatable bonds is 6. The van der Waals surface area contributed by atoms with Crippen LogP contribution in [0.15, 0.2) is 59.5 Å². The molecule has 0 atom stereocenters. The molecule has 0 spiro atoms. The molecule has 8 heteroatoms. The minimum absolute atomic E-state index is 0.251. The molecule has 2 aliphatic heterocycles. The molecule has 1 fully saturated rings. The Labute approximate surface area is 194 Å². The SMILES string of the molecule is O=C(C=Cc1ccc(S(=O)(=O)N2CCCCCC2)cc1)OCC(=O)N1CCc2ccccc21. The first-order valence-corrected chi connectivity index (χ1v) is 12.7. The molecule has 7 nitrogen and oxygen atoms in total. The van der Waals surface area contributed by atoms with E-state index in [0.29, 0.717) is 25.2 Å². The number of hydrogen-bond acceptors (Lipinski definition) is 5. The molecule has 4 rings (SSSR count). The zero-order chi connectivity index (χ0) is 23.3. The average molecular weight is 469 g/mol. The second-order valence-electron chi connectivity index (χ2n) is 8.25. The largest absolute Gasteiger partial charge is 0.452 e. The highest BCUT2D eigenvalue weighted by Gasteiger charge is 2.25. The lowest BCUT2D eigenvalue weighted by molar-refractivity contribution is -0.142. The summed E-state index contributed by atoms with van der Waals surface area (Å²) < 4.78 is 32.4. The van der Waals surface area contributed by atoms with E-state index < -0.39 is 16.0 Å². The maximum Gasteiger partial charge on any atom is 0.331 e. The fourth-order valence-corrected chi connectivity index (χ4v) is 5.72. The van der Waals surface area contributed by atoms with Gasteiger partial charge in [0.15, 0.2) is 6.61 Å². The van der Waals surface area contributed by atoms with Crippen molar-refractivity contribution in [3.63, 3.8) is 0 Å². The maximum atomic E-state index is 12.9. The van der Waals surface area contributed by atoms with Crippen LogP contribution in [0.3, 0.4) is 0 Å². The number of carbonyl (C=O) groups excluding carboxylic acids is 2. The highest BCUT2D eigenvalue weighted by Crippen LogP contribution is 2.27. The van der Waals surface area contributed by atoms with Gasteiger partial charge in [0.2, 0.25) is 10.0 Å². The number of amides is 1. The Bertz CT molecular complexity index is 1130. The van der Waals surface area contributed by atoms with Crippen molar-refractivity contribution in [2.75, 3.05) is 31.1 Å². The van der Waals surface area contributed by atoms with E-state index >= 15 is 0 Å². The molecule has 0 aromatic heterocycles. The number of hydrogen-bond donors (Lipinski definition) is 0. The van der Waals surface area contributed by atoms with E-state index in [9.17, 15) is 18.0 Å². The van der Waals surface area contributed by atoms with Crippen LogP contribution in [-0.4, -0.2) is 50.8 Å². The van der Waals surface area contributed by atoms with Crippen LogP contribution in [0, 0.1) is 0 Å². The van der Waals surface area contributed by atoms with Crippen LogP contribution in [0.25, 0.3) is 6.08 Å². The highest BCUT2D eigenvalue weighted by molar-refractivity contribution is 7.89. The van der Waals surface area contributed by atoms with Gasteiger partial charge in [-0.3, -0.25) is 4.79 Å². The molecule has 0 radical (unpaired) electrons. The number of esters is 1. The molecule has 2 aromatic rings. The molecule has 0 saturated carbocycles. The third kappa shape index (κ3) is 5.51. The molecule has 2 aliphatic rings. The molecule has 1 amide bonds. The zero-order valence-corrected chi connectivity index (χ0v) is 19.3. The van der Waals surface area contributed by atoms with Gasteiger partial charge in [0.05, 0.1) is 4.90 Å². The third-order valence-corrected chi connectivity index (χ3v) is 7.93. The van der Waals surface area contributed by atoms with Crippen molar-refractivity contribution in [1.29, 1.82) is 0 Å². The van der Waals surface area contributed by atoms with Crippen LogP contribution >= 0.6 is 0 Å². The first-order chi connectivity index (χ1) is 15.9. The van der Waals surface area contributed by atoms with Gasteiger partial charge in [-0.25, -0.2) is 13.2 Å². The van der Waals surface area contributed by atoms with E-state index in [2.05, 4.69) is 0 Å². The summed E-state index contributed by atoms with van der Waals surface area (Å²) in [4.78, 5) is 26.4. The van der Waals surface area contributed by atoms with Crippen molar-refractivity contribution < 1.29 is 22.7 Å². The van der Waals surface area contributed by atoms with Gasteiger partial charge in [-0.05, 0) is 54.7 Å². The lowest BCUT2D eigenvalue weighted by atomic mass is 10.2. The van der Waals surface area contributed by atoms with Crippen LogP contribution < -0.4 is 4.90 Å². The summed E-state index contributed by atoms with van der Waals surface area (Å²) >= 11 is 0. The number of carbonyl (C=O) groups is 2. The summed E-state index contributed by atoms with van der Waals surface area (Å²) in [6, 6.07) is 14.1. The molecule has 2 heterocycles. The van der Waals surface area contributed by atoms with Crippen molar-refractivity contribution in [3.05, 3.63) is 65.7 Å². The topological polar surface area (TPSA) is 84.0 Å². The maximum absolute atomic E-state index is 12.9. The summed E-state index contributed by atoms with van der Waals surface area (Å²) in [6.45, 7) is 1.36. The van der Waals surface area contributed by atoms with Gasteiger partial charge in [-0.1, -0.05) is 43.2 Å². The molecule has 33 heavy (non-hydrogen) atoms. The van der Waals surface area contributed by atoms with Crippen LogP contribution in [0.4, 0.5) is 5.69 Å². The standard InChI is InChI=1S/C25H28N2O5S/c28-24(27-18-15-21-7-3-4-8-23(21)27)19-32-25(29)14-11-20-9-12-22(13-10-20)33(30,31)26-16-5-1-2-6-17-26/h3-4,7-14H,1-2,5-6,15-19H2. The van der Waals surface area contributed by atoms with E-state index in [4.69, 9.17) is 4.74 Å². The molecule has 174 valence electrons. The van der Waals surface area contributed by atoms with E-state index in [1.165, 1.54) is 6.08 Å². The Hall–Kier alpha value is -2.97. The van der Waals surface area contributed by atoms with Crippen LogP contribution in [0.5, 0.6) is 0 Å². The normalized spacial score (nSPS) is 17.0. The van der Waals surface area contributed by atoms with E-state index in [0.717, 1.165) is 43.4 Å². The number of nitrogens with zero attached hydrogens (tertiary/aromatic N) is 2. The van der Waals surface area contributed by atoms with E-state index in [1.807, 2.05) is 24.3 Å². The fraction of sp³-hybridized carbons (Fsp3) is 0.360. The van der Waals surface area contributed by atoms with Gasteiger partial charge >= 0.3 is 5.97 Å². The van der Waals surface area contributed by atoms with Gasteiger partial charge in [-0.2, -0.15) is 4.31 Å². The van der Waals surface area contributed by atoms with Gasteiger partial charge < -0.3 is 9.64 Å². The van der Waals surface area contributed by atoms with E-state index in [-0.39, 0.29) is 17.4 Å². The Morgan fingerprint density at radius 1 is 0.909 bits per heavy atom. The predicted octanol–water partition coefficient (Wildman–Crippen LogP) is 3.40. The number of anilines is 1. The summed E-state index contributed by atoms with van der Waals surface area (Å²) in [5.41, 5.74) is 2.64. The Morgan fingerprint density at radius 3 is 2.33 bits per heavy atom.